The molecule has 4 rings (SSSR count). The number of imide groups is 2. The molecule has 1 aliphatic rings. The Labute approximate surface area is 213 Å². The first-order valence-electron chi connectivity index (χ1n) is 10.2. The first kappa shape index (κ1) is 24.7. The first-order valence-corrected chi connectivity index (χ1v) is 11.0. The predicted octanol–water partition coefficient (Wildman–Crippen LogP) is 4.85. The third kappa shape index (κ3) is 5.14. The fourth-order valence-corrected chi connectivity index (χ4v) is 3.92. The van der Waals surface area contributed by atoms with Crippen molar-refractivity contribution in [3.63, 3.8) is 0 Å². The second kappa shape index (κ2) is 10.1. The van der Waals surface area contributed by atoms with Crippen molar-refractivity contribution in [2.45, 2.75) is 6.61 Å². The summed E-state index contributed by atoms with van der Waals surface area (Å²) in [7, 11) is 0. The second-order valence-corrected chi connectivity index (χ2v) is 8.34. The van der Waals surface area contributed by atoms with Crippen LogP contribution in [0.2, 0.25) is 10.0 Å². The molecule has 182 valence electrons. The van der Waals surface area contributed by atoms with E-state index in [2.05, 4.69) is 5.32 Å². The summed E-state index contributed by atoms with van der Waals surface area (Å²) in [6.45, 7) is -0.0339. The van der Waals surface area contributed by atoms with Crippen LogP contribution >= 0.6 is 23.2 Å². The van der Waals surface area contributed by atoms with Gasteiger partial charge < -0.3 is 9.84 Å². The number of amides is 4. The zero-order valence-corrected chi connectivity index (χ0v) is 19.6. The van der Waals surface area contributed by atoms with E-state index >= 15 is 0 Å². The number of carbonyl (C=O) groups excluding carboxylic acids is 3. The average molecular weight is 528 g/mol. The van der Waals surface area contributed by atoms with Crippen LogP contribution in [-0.4, -0.2) is 27.9 Å². The van der Waals surface area contributed by atoms with Crippen molar-refractivity contribution in [2.24, 2.45) is 0 Å². The van der Waals surface area contributed by atoms with Crippen molar-refractivity contribution in [2.75, 3.05) is 4.90 Å². The zero-order chi connectivity index (χ0) is 26.0. The van der Waals surface area contributed by atoms with Gasteiger partial charge in [-0.05, 0) is 60.2 Å². The van der Waals surface area contributed by atoms with Crippen molar-refractivity contribution >= 4 is 58.5 Å². The first-order chi connectivity index (χ1) is 17.1. The molecule has 36 heavy (non-hydrogen) atoms. The second-order valence-electron chi connectivity index (χ2n) is 7.49. The number of nitro benzene ring substituents is 1. The number of benzene rings is 3. The van der Waals surface area contributed by atoms with E-state index in [0.29, 0.717) is 5.56 Å². The van der Waals surface area contributed by atoms with Crippen LogP contribution in [0.1, 0.15) is 11.1 Å². The minimum absolute atomic E-state index is 0.0339. The number of rotatable bonds is 6. The summed E-state index contributed by atoms with van der Waals surface area (Å²) in [4.78, 5) is 49.1. The number of hydrogen-bond acceptors (Lipinski definition) is 7. The third-order valence-electron chi connectivity index (χ3n) is 5.08. The van der Waals surface area contributed by atoms with Crippen LogP contribution in [0.25, 0.3) is 6.08 Å². The number of nitro groups is 1. The Balaban J connectivity index is 1.67. The van der Waals surface area contributed by atoms with Crippen molar-refractivity contribution in [1.29, 1.82) is 0 Å². The monoisotopic (exact) mass is 527 g/mol. The highest BCUT2D eigenvalue weighted by Gasteiger charge is 2.37. The summed E-state index contributed by atoms with van der Waals surface area (Å²) in [5.74, 6) is -1.82. The van der Waals surface area contributed by atoms with Crippen LogP contribution in [0.5, 0.6) is 11.5 Å². The van der Waals surface area contributed by atoms with E-state index in [9.17, 15) is 29.6 Å². The van der Waals surface area contributed by atoms with Crippen LogP contribution in [0.15, 0.2) is 66.2 Å². The molecular weight excluding hydrogens is 513 g/mol. The number of nitrogens with zero attached hydrogens (tertiary/aromatic N) is 2. The molecule has 1 aliphatic heterocycles. The number of urea groups is 1. The molecule has 1 fully saturated rings. The lowest BCUT2D eigenvalue weighted by Gasteiger charge is -2.26. The van der Waals surface area contributed by atoms with Gasteiger partial charge in [-0.2, -0.15) is 0 Å². The fraction of sp³-hybridized carbons (Fsp3) is 0.0417. The number of barbiturate groups is 1. The van der Waals surface area contributed by atoms with Gasteiger partial charge in [0, 0.05) is 22.7 Å². The lowest BCUT2D eigenvalue weighted by atomic mass is 10.1. The summed E-state index contributed by atoms with van der Waals surface area (Å²) < 4.78 is 5.81. The highest BCUT2D eigenvalue weighted by atomic mass is 35.5. The Kier molecular flexibility index (Phi) is 6.91. The van der Waals surface area contributed by atoms with Gasteiger partial charge in [0.1, 0.15) is 23.7 Å². The number of aromatic hydroxyl groups is 1. The number of anilines is 1. The lowest BCUT2D eigenvalue weighted by molar-refractivity contribution is -0.384. The van der Waals surface area contributed by atoms with Crippen molar-refractivity contribution in [1.82, 2.24) is 5.32 Å². The van der Waals surface area contributed by atoms with Crippen LogP contribution in [0.3, 0.4) is 0 Å². The molecule has 2 N–H and O–H groups in total. The number of ether oxygens (including phenoxy) is 1. The number of phenols is 1. The van der Waals surface area contributed by atoms with Crippen molar-refractivity contribution in [3.8, 4) is 11.5 Å². The summed E-state index contributed by atoms with van der Waals surface area (Å²) in [5, 5.41) is 22.7. The number of non-ortho nitro benzene ring substituents is 1. The number of hydrogen-bond donors (Lipinski definition) is 2. The van der Waals surface area contributed by atoms with E-state index in [-0.39, 0.29) is 50.7 Å². The molecule has 0 aliphatic carbocycles. The van der Waals surface area contributed by atoms with Gasteiger partial charge in [-0.3, -0.25) is 25.0 Å². The van der Waals surface area contributed by atoms with E-state index in [1.165, 1.54) is 66.7 Å². The van der Waals surface area contributed by atoms with E-state index in [0.717, 1.165) is 4.90 Å². The maximum Gasteiger partial charge on any atom is 0.335 e. The van der Waals surface area contributed by atoms with Gasteiger partial charge in [0.15, 0.2) is 0 Å². The number of nitrogens with one attached hydrogen (secondary N) is 1. The standard InChI is InChI=1S/C24H15Cl2N3O7/c25-15-9-14(21(20(26)11-15)36-12-13-1-3-17(4-2-13)29(34)35)10-19-22(31)27-24(33)28(23(19)32)16-5-7-18(30)8-6-16/h1-11,30H,12H2,(H,27,31,33)/b19-10+. The van der Waals surface area contributed by atoms with E-state index in [4.69, 9.17) is 27.9 Å². The Morgan fingerprint density at radius 3 is 2.33 bits per heavy atom. The maximum absolute atomic E-state index is 13.1. The predicted molar refractivity (Wildman–Crippen MR) is 131 cm³/mol. The molecule has 3 aromatic rings. The fourth-order valence-electron chi connectivity index (χ4n) is 3.36. The van der Waals surface area contributed by atoms with Gasteiger partial charge in [-0.1, -0.05) is 23.2 Å². The minimum Gasteiger partial charge on any atom is -0.508 e. The Morgan fingerprint density at radius 1 is 1.03 bits per heavy atom. The van der Waals surface area contributed by atoms with Crippen molar-refractivity contribution in [3.05, 3.63) is 97.5 Å². The quantitative estimate of drug-likeness (QED) is 0.202. The zero-order valence-electron chi connectivity index (χ0n) is 18.1. The molecule has 0 spiro atoms. The molecule has 0 unspecified atom stereocenters. The topological polar surface area (TPSA) is 139 Å². The Bertz CT molecular complexity index is 1420. The molecule has 1 saturated heterocycles. The molecule has 10 nitrogen and oxygen atoms in total. The minimum atomic E-state index is -0.952. The molecule has 0 saturated carbocycles. The van der Waals surface area contributed by atoms with Crippen LogP contribution in [0.4, 0.5) is 16.2 Å². The van der Waals surface area contributed by atoms with Gasteiger partial charge in [0.25, 0.3) is 17.5 Å². The summed E-state index contributed by atoms with van der Waals surface area (Å²) >= 11 is 12.5. The summed E-state index contributed by atoms with van der Waals surface area (Å²) in [5.41, 5.74) is 0.450. The third-order valence-corrected chi connectivity index (χ3v) is 5.58. The molecule has 3 aromatic carbocycles. The molecule has 1 heterocycles. The van der Waals surface area contributed by atoms with Gasteiger partial charge in [-0.25, -0.2) is 9.69 Å². The normalized spacial score (nSPS) is 14.7. The van der Waals surface area contributed by atoms with E-state index in [1.54, 1.807) is 0 Å². The molecule has 4 amide bonds. The van der Waals surface area contributed by atoms with Crippen LogP contribution in [0, 0.1) is 10.1 Å². The highest BCUT2D eigenvalue weighted by Crippen LogP contribution is 2.35. The Morgan fingerprint density at radius 2 is 1.69 bits per heavy atom. The van der Waals surface area contributed by atoms with Crippen LogP contribution in [-0.2, 0) is 16.2 Å². The molecule has 0 bridgehead atoms. The SMILES string of the molecule is O=C1NC(=O)N(c2ccc(O)cc2)C(=O)/C1=C/c1cc(Cl)cc(Cl)c1OCc1ccc([N+](=O)[O-])cc1. The molecule has 0 aromatic heterocycles. The lowest BCUT2D eigenvalue weighted by Crippen LogP contribution is -2.54. The average Bonchev–Trinajstić information content (AvgIpc) is 2.82. The highest BCUT2D eigenvalue weighted by molar-refractivity contribution is 6.40. The van der Waals surface area contributed by atoms with E-state index < -0.39 is 22.8 Å². The van der Waals surface area contributed by atoms with Crippen molar-refractivity contribution < 1.29 is 29.2 Å². The smallest absolute Gasteiger partial charge is 0.335 e. The van der Waals surface area contributed by atoms with Gasteiger partial charge in [-0.15, -0.1) is 0 Å². The van der Waals surface area contributed by atoms with Gasteiger partial charge in [0.2, 0.25) is 0 Å². The van der Waals surface area contributed by atoms with Crippen LogP contribution < -0.4 is 15.0 Å². The number of phenolic OH excluding ortho intramolecular Hbond substituents is 1. The summed E-state index contributed by atoms with van der Waals surface area (Å²) in [6, 6.07) is 12.8. The largest absolute Gasteiger partial charge is 0.508 e. The summed E-state index contributed by atoms with van der Waals surface area (Å²) in [6.07, 6.45) is 1.19. The Hall–Kier alpha value is -4.41. The van der Waals surface area contributed by atoms with E-state index in [1.807, 2.05) is 0 Å². The molecule has 12 heteroatoms. The molecule has 0 radical (unpaired) electrons. The number of carbonyl (C=O) groups is 3. The molecular formula is C24H15Cl2N3O7. The maximum atomic E-state index is 13.1. The number of halogens is 2. The molecule has 0 atom stereocenters. The van der Waals surface area contributed by atoms with Gasteiger partial charge in [0.05, 0.1) is 15.6 Å². The van der Waals surface area contributed by atoms with Gasteiger partial charge >= 0.3 is 6.03 Å².